The Morgan fingerprint density at radius 3 is 2.61 bits per heavy atom. The lowest BCUT2D eigenvalue weighted by atomic mass is 10.2. The highest BCUT2D eigenvalue weighted by Gasteiger charge is 2.06. The summed E-state index contributed by atoms with van der Waals surface area (Å²) in [4.78, 5) is 4.52. The number of nitrogens with zero attached hydrogens (tertiary/aromatic N) is 1. The second-order valence-corrected chi connectivity index (χ2v) is 5.15. The molecule has 1 aromatic rings. The molecule has 0 bridgehead atoms. The number of ether oxygens (including phenoxy) is 1. The Hall–Kier alpha value is -1.18. The van der Waals surface area contributed by atoms with Crippen LogP contribution in [-0.2, 0) is 6.54 Å². The van der Waals surface area contributed by atoms with E-state index in [2.05, 4.69) is 22.5 Å². The van der Waals surface area contributed by atoms with E-state index in [1.807, 2.05) is 19.1 Å². The van der Waals surface area contributed by atoms with E-state index in [0.29, 0.717) is 12.3 Å². The number of hydrogen-bond donors (Lipinski definition) is 3. The summed E-state index contributed by atoms with van der Waals surface area (Å²) in [6.45, 7) is 6.38. The molecule has 0 aliphatic heterocycles. The first kappa shape index (κ1) is 21.8. The monoisotopic (exact) mass is 435 g/mol. The number of nitrogens with one attached hydrogen (secondary N) is 2. The summed E-state index contributed by atoms with van der Waals surface area (Å²) in [5.74, 6) is 1.42. The molecule has 132 valence electrons. The van der Waals surface area contributed by atoms with Crippen molar-refractivity contribution in [2.24, 2.45) is 4.99 Å². The lowest BCUT2D eigenvalue weighted by molar-refractivity contribution is 0.370. The van der Waals surface area contributed by atoms with E-state index in [4.69, 9.17) is 4.74 Å². The zero-order valence-corrected chi connectivity index (χ0v) is 16.7. The fourth-order valence-electron chi connectivity index (χ4n) is 2.12. The molecule has 1 aromatic carbocycles. The molecule has 0 aromatic heterocycles. The molecule has 0 spiro atoms. The van der Waals surface area contributed by atoms with Gasteiger partial charge in [-0.1, -0.05) is 38.3 Å². The Bertz CT molecular complexity index is 467. The van der Waals surface area contributed by atoms with E-state index in [1.165, 1.54) is 19.3 Å². The Morgan fingerprint density at radius 2 is 1.96 bits per heavy atom. The van der Waals surface area contributed by atoms with E-state index in [9.17, 15) is 5.11 Å². The Kier molecular flexibility index (Phi) is 12.6. The topological polar surface area (TPSA) is 65.9 Å². The maximum absolute atomic E-state index is 10.1. The van der Waals surface area contributed by atoms with Gasteiger partial charge in [-0.2, -0.15) is 0 Å². The third-order valence-electron chi connectivity index (χ3n) is 3.38. The lowest BCUT2D eigenvalue weighted by Gasteiger charge is -2.12. The summed E-state index contributed by atoms with van der Waals surface area (Å²) in [7, 11) is 1.55. The minimum Gasteiger partial charge on any atom is -0.504 e. The van der Waals surface area contributed by atoms with Gasteiger partial charge in [0.2, 0.25) is 0 Å². The molecule has 0 unspecified atom stereocenters. The van der Waals surface area contributed by atoms with Gasteiger partial charge < -0.3 is 20.5 Å². The number of unbranched alkanes of at least 4 members (excludes halogenated alkanes) is 3. The molecule has 3 N–H and O–H groups in total. The third-order valence-corrected chi connectivity index (χ3v) is 3.38. The molecular formula is C17H30IN3O2. The molecular weight excluding hydrogens is 405 g/mol. The second-order valence-electron chi connectivity index (χ2n) is 5.15. The van der Waals surface area contributed by atoms with Crippen LogP contribution in [0.2, 0.25) is 0 Å². The fourth-order valence-corrected chi connectivity index (χ4v) is 2.12. The summed E-state index contributed by atoms with van der Waals surface area (Å²) in [6, 6.07) is 5.44. The van der Waals surface area contributed by atoms with Crippen molar-refractivity contribution in [1.29, 1.82) is 0 Å². The predicted molar refractivity (Wildman–Crippen MR) is 107 cm³/mol. The van der Waals surface area contributed by atoms with Crippen LogP contribution < -0.4 is 15.4 Å². The van der Waals surface area contributed by atoms with Crippen LogP contribution in [0, 0.1) is 0 Å². The minimum absolute atomic E-state index is 0. The molecule has 0 atom stereocenters. The maximum atomic E-state index is 10.1. The van der Waals surface area contributed by atoms with Crippen molar-refractivity contribution in [3.8, 4) is 11.5 Å². The van der Waals surface area contributed by atoms with Crippen molar-refractivity contribution in [3.05, 3.63) is 23.8 Å². The first-order valence-electron chi connectivity index (χ1n) is 8.09. The summed E-state index contributed by atoms with van der Waals surface area (Å²) in [5.41, 5.74) is 0.752. The first-order valence-corrected chi connectivity index (χ1v) is 8.09. The number of rotatable bonds is 9. The smallest absolute Gasteiger partial charge is 0.191 e. The van der Waals surface area contributed by atoms with Crippen molar-refractivity contribution in [2.75, 3.05) is 20.2 Å². The van der Waals surface area contributed by atoms with Crippen LogP contribution in [0.1, 0.15) is 45.1 Å². The second kappa shape index (κ2) is 13.3. The largest absolute Gasteiger partial charge is 0.504 e. The molecule has 0 aliphatic rings. The SMILES string of the molecule is CCCCCCNC(=NCc1cccc(OC)c1O)NCC.I. The van der Waals surface area contributed by atoms with Gasteiger partial charge in [0.05, 0.1) is 13.7 Å². The zero-order valence-electron chi connectivity index (χ0n) is 14.4. The molecule has 0 fully saturated rings. The number of phenolic OH excluding ortho intramolecular Hbond substituents is 1. The Balaban J connectivity index is 0.00000484. The van der Waals surface area contributed by atoms with E-state index in [1.54, 1.807) is 13.2 Å². The molecule has 0 saturated heterocycles. The van der Waals surface area contributed by atoms with Crippen LogP contribution in [0.25, 0.3) is 0 Å². The first-order chi connectivity index (χ1) is 10.7. The predicted octanol–water partition coefficient (Wildman–Crippen LogP) is 3.65. The number of aliphatic imine (C=N–C) groups is 1. The molecule has 0 saturated carbocycles. The van der Waals surface area contributed by atoms with Gasteiger partial charge >= 0.3 is 0 Å². The molecule has 0 aliphatic carbocycles. The standard InChI is InChI=1S/C17H29N3O2.HI/c1-4-6-7-8-12-19-17(18-5-2)20-13-14-10-9-11-15(22-3)16(14)21;/h9-11,21H,4-8,12-13H2,1-3H3,(H2,18,19,20);1H. The van der Waals surface area contributed by atoms with Gasteiger partial charge in [-0.15, -0.1) is 24.0 Å². The van der Waals surface area contributed by atoms with Crippen LogP contribution in [0.3, 0.4) is 0 Å². The average molecular weight is 435 g/mol. The molecule has 23 heavy (non-hydrogen) atoms. The van der Waals surface area contributed by atoms with Gasteiger partial charge in [-0.05, 0) is 19.4 Å². The summed E-state index contributed by atoms with van der Waals surface area (Å²) >= 11 is 0. The van der Waals surface area contributed by atoms with Gasteiger partial charge in [0.25, 0.3) is 0 Å². The van der Waals surface area contributed by atoms with Crippen molar-refractivity contribution in [3.63, 3.8) is 0 Å². The number of aromatic hydroxyl groups is 1. The average Bonchev–Trinajstić information content (AvgIpc) is 2.53. The Morgan fingerprint density at radius 1 is 1.17 bits per heavy atom. The molecule has 5 nitrogen and oxygen atoms in total. The van der Waals surface area contributed by atoms with Gasteiger partial charge in [0, 0.05) is 18.7 Å². The third kappa shape index (κ3) is 8.29. The molecule has 0 heterocycles. The number of halogens is 1. The van der Waals surface area contributed by atoms with E-state index in [0.717, 1.165) is 31.0 Å². The van der Waals surface area contributed by atoms with Crippen LogP contribution in [-0.4, -0.2) is 31.3 Å². The summed E-state index contributed by atoms with van der Waals surface area (Å²) < 4.78 is 5.11. The summed E-state index contributed by atoms with van der Waals surface area (Å²) in [5, 5.41) is 16.6. The van der Waals surface area contributed by atoms with Crippen LogP contribution in [0.15, 0.2) is 23.2 Å². The quantitative estimate of drug-likeness (QED) is 0.240. The van der Waals surface area contributed by atoms with Gasteiger partial charge in [-0.3, -0.25) is 0 Å². The van der Waals surface area contributed by atoms with Gasteiger partial charge in [0.15, 0.2) is 17.5 Å². The van der Waals surface area contributed by atoms with Crippen molar-refractivity contribution in [2.45, 2.75) is 46.1 Å². The molecule has 6 heteroatoms. The number of phenols is 1. The van der Waals surface area contributed by atoms with E-state index >= 15 is 0 Å². The van der Waals surface area contributed by atoms with Crippen molar-refractivity contribution < 1.29 is 9.84 Å². The number of hydrogen-bond acceptors (Lipinski definition) is 3. The number of benzene rings is 1. The minimum atomic E-state index is 0. The summed E-state index contributed by atoms with van der Waals surface area (Å²) in [6.07, 6.45) is 4.89. The molecule has 0 amide bonds. The van der Waals surface area contributed by atoms with Crippen molar-refractivity contribution in [1.82, 2.24) is 10.6 Å². The van der Waals surface area contributed by atoms with Crippen LogP contribution in [0.5, 0.6) is 11.5 Å². The van der Waals surface area contributed by atoms with Gasteiger partial charge in [-0.25, -0.2) is 4.99 Å². The van der Waals surface area contributed by atoms with E-state index < -0.39 is 0 Å². The fraction of sp³-hybridized carbons (Fsp3) is 0.588. The van der Waals surface area contributed by atoms with Crippen LogP contribution >= 0.6 is 24.0 Å². The highest BCUT2D eigenvalue weighted by molar-refractivity contribution is 14.0. The van der Waals surface area contributed by atoms with Gasteiger partial charge in [0.1, 0.15) is 0 Å². The normalized spacial score (nSPS) is 10.8. The molecule has 0 radical (unpaired) electrons. The Labute approximate surface area is 156 Å². The highest BCUT2D eigenvalue weighted by Crippen LogP contribution is 2.29. The highest BCUT2D eigenvalue weighted by atomic mass is 127. The van der Waals surface area contributed by atoms with Crippen molar-refractivity contribution >= 4 is 29.9 Å². The number of guanidine groups is 1. The number of methoxy groups -OCH3 is 1. The number of para-hydroxylation sites is 1. The maximum Gasteiger partial charge on any atom is 0.191 e. The van der Waals surface area contributed by atoms with Crippen LogP contribution in [0.4, 0.5) is 0 Å². The van der Waals surface area contributed by atoms with E-state index in [-0.39, 0.29) is 29.7 Å². The molecule has 1 rings (SSSR count). The zero-order chi connectivity index (χ0) is 16.2. The lowest BCUT2D eigenvalue weighted by Crippen LogP contribution is -2.37.